The van der Waals surface area contributed by atoms with Crippen molar-refractivity contribution in [1.29, 1.82) is 0 Å². The van der Waals surface area contributed by atoms with Crippen LogP contribution >= 0.6 is 0 Å². The van der Waals surface area contributed by atoms with Gasteiger partial charge in [-0.25, -0.2) is 0 Å². The number of nitrogens with two attached hydrogens (primary N) is 1. The van der Waals surface area contributed by atoms with E-state index in [9.17, 15) is 4.79 Å². The van der Waals surface area contributed by atoms with Crippen molar-refractivity contribution < 1.29 is 4.79 Å². The second-order valence-electron chi connectivity index (χ2n) is 6.30. The zero-order chi connectivity index (χ0) is 13.2. The molecule has 0 bridgehead atoms. The largest absolute Gasteiger partial charge is 0.399 e. The van der Waals surface area contributed by atoms with Gasteiger partial charge >= 0.3 is 0 Å². The van der Waals surface area contributed by atoms with Gasteiger partial charge < -0.3 is 5.73 Å². The van der Waals surface area contributed by atoms with E-state index in [4.69, 9.17) is 5.73 Å². The summed E-state index contributed by atoms with van der Waals surface area (Å²) < 4.78 is 0. The second-order valence-corrected chi connectivity index (χ2v) is 6.30. The summed E-state index contributed by atoms with van der Waals surface area (Å²) in [6.07, 6.45) is 8.97. The fraction of sp³-hybridized carbons (Fsp3) is 0.588. The van der Waals surface area contributed by atoms with Crippen LogP contribution in [0.25, 0.3) is 0 Å². The number of ketones is 1. The maximum atomic E-state index is 12.5. The van der Waals surface area contributed by atoms with Gasteiger partial charge in [-0.15, -0.1) is 0 Å². The van der Waals surface area contributed by atoms with Crippen molar-refractivity contribution in [1.82, 2.24) is 0 Å². The normalized spacial score (nSPS) is 30.6. The summed E-state index contributed by atoms with van der Waals surface area (Å²) in [6.45, 7) is 0. The third-order valence-electron chi connectivity index (χ3n) is 5.11. The van der Waals surface area contributed by atoms with Crippen LogP contribution in [0.2, 0.25) is 0 Å². The Morgan fingerprint density at radius 1 is 0.947 bits per heavy atom. The van der Waals surface area contributed by atoms with Crippen molar-refractivity contribution in [3.05, 3.63) is 29.8 Å². The number of benzene rings is 1. The van der Waals surface area contributed by atoms with Crippen LogP contribution < -0.4 is 5.73 Å². The number of hydrogen-bond donors (Lipinski definition) is 1. The number of Topliss-reactive ketones (excluding diaryl/α,β-unsaturated/α-hetero) is 1. The summed E-state index contributed by atoms with van der Waals surface area (Å²) in [7, 11) is 0. The van der Waals surface area contributed by atoms with Crippen LogP contribution in [-0.4, -0.2) is 5.78 Å². The van der Waals surface area contributed by atoms with Crippen molar-refractivity contribution in [2.45, 2.75) is 44.9 Å². The predicted octanol–water partition coefficient (Wildman–Crippen LogP) is 4.06. The molecular formula is C17H23NO. The summed E-state index contributed by atoms with van der Waals surface area (Å²) in [5, 5.41) is 0. The van der Waals surface area contributed by atoms with Crippen molar-refractivity contribution >= 4 is 11.5 Å². The molecule has 1 aromatic carbocycles. The molecule has 2 aliphatic carbocycles. The average Bonchev–Trinajstić information content (AvgIpc) is 2.47. The molecule has 2 saturated carbocycles. The molecule has 2 heteroatoms. The standard InChI is InChI=1S/C17H23NO/c18-16-9-7-13(8-10-16)17(19)15-6-5-12-3-1-2-4-14(12)11-15/h7-10,12,14-15H,1-6,11,18H2. The number of carbonyl (C=O) groups is 1. The molecular weight excluding hydrogens is 234 g/mol. The molecule has 2 fully saturated rings. The van der Waals surface area contributed by atoms with Crippen LogP contribution in [-0.2, 0) is 0 Å². The molecule has 3 rings (SSSR count). The van der Waals surface area contributed by atoms with Crippen molar-refractivity contribution in [2.75, 3.05) is 5.73 Å². The van der Waals surface area contributed by atoms with Crippen LogP contribution in [0.3, 0.4) is 0 Å². The topological polar surface area (TPSA) is 43.1 Å². The van der Waals surface area contributed by atoms with E-state index in [0.717, 1.165) is 35.9 Å². The van der Waals surface area contributed by atoms with E-state index >= 15 is 0 Å². The molecule has 2 N–H and O–H groups in total. The molecule has 0 aliphatic heterocycles. The van der Waals surface area contributed by atoms with Crippen LogP contribution in [0.4, 0.5) is 5.69 Å². The number of carbonyl (C=O) groups excluding carboxylic acids is 1. The van der Waals surface area contributed by atoms with E-state index < -0.39 is 0 Å². The van der Waals surface area contributed by atoms with Crippen LogP contribution in [0.15, 0.2) is 24.3 Å². The summed E-state index contributed by atoms with van der Waals surface area (Å²) in [5.74, 6) is 2.31. The minimum absolute atomic E-state index is 0.253. The van der Waals surface area contributed by atoms with Crippen LogP contribution in [0.1, 0.15) is 55.3 Å². The SMILES string of the molecule is Nc1ccc(C(=O)C2CCC3CCCCC3C2)cc1. The molecule has 2 nitrogen and oxygen atoms in total. The minimum atomic E-state index is 0.253. The molecule has 19 heavy (non-hydrogen) atoms. The molecule has 0 radical (unpaired) electrons. The number of nitrogen functional groups attached to an aromatic ring is 1. The highest BCUT2D eigenvalue weighted by atomic mass is 16.1. The van der Waals surface area contributed by atoms with Gasteiger partial charge in [-0.2, -0.15) is 0 Å². The van der Waals surface area contributed by atoms with Crippen molar-refractivity contribution in [3.63, 3.8) is 0 Å². The number of fused-ring (bicyclic) bond motifs is 1. The number of anilines is 1. The molecule has 102 valence electrons. The third kappa shape index (κ3) is 2.68. The Balaban J connectivity index is 1.69. The predicted molar refractivity (Wildman–Crippen MR) is 78.0 cm³/mol. The molecule has 3 unspecified atom stereocenters. The lowest BCUT2D eigenvalue weighted by molar-refractivity contribution is 0.0763. The molecule has 0 saturated heterocycles. The molecule has 3 atom stereocenters. The number of hydrogen-bond acceptors (Lipinski definition) is 2. The van der Waals surface area contributed by atoms with E-state index in [1.54, 1.807) is 0 Å². The van der Waals surface area contributed by atoms with E-state index in [0.29, 0.717) is 5.78 Å². The summed E-state index contributed by atoms with van der Waals surface area (Å²) >= 11 is 0. The third-order valence-corrected chi connectivity index (χ3v) is 5.11. The second kappa shape index (κ2) is 5.36. The lowest BCUT2D eigenvalue weighted by Gasteiger charge is -2.38. The van der Waals surface area contributed by atoms with Crippen LogP contribution in [0, 0.1) is 17.8 Å². The van der Waals surface area contributed by atoms with E-state index in [1.807, 2.05) is 24.3 Å². The Labute approximate surface area is 115 Å². The Morgan fingerprint density at radius 3 is 2.37 bits per heavy atom. The zero-order valence-corrected chi connectivity index (χ0v) is 11.5. The quantitative estimate of drug-likeness (QED) is 0.641. The van der Waals surface area contributed by atoms with Gasteiger partial charge in [0.1, 0.15) is 0 Å². The van der Waals surface area contributed by atoms with Gasteiger partial charge in [-0.1, -0.05) is 25.7 Å². The van der Waals surface area contributed by atoms with Gasteiger partial charge in [-0.05, 0) is 55.4 Å². The molecule has 0 aromatic heterocycles. The van der Waals surface area contributed by atoms with E-state index in [2.05, 4.69) is 0 Å². The van der Waals surface area contributed by atoms with Gasteiger partial charge in [0.25, 0.3) is 0 Å². The smallest absolute Gasteiger partial charge is 0.165 e. The van der Waals surface area contributed by atoms with Gasteiger partial charge in [0.15, 0.2) is 5.78 Å². The van der Waals surface area contributed by atoms with Gasteiger partial charge in [0, 0.05) is 17.2 Å². The first kappa shape index (κ1) is 12.7. The Hall–Kier alpha value is -1.31. The highest BCUT2D eigenvalue weighted by molar-refractivity contribution is 5.98. The Morgan fingerprint density at radius 2 is 1.63 bits per heavy atom. The summed E-state index contributed by atoms with van der Waals surface area (Å²) in [4.78, 5) is 12.5. The highest BCUT2D eigenvalue weighted by Gasteiger charge is 2.35. The molecule has 0 amide bonds. The number of rotatable bonds is 2. The maximum Gasteiger partial charge on any atom is 0.165 e. The summed E-state index contributed by atoms with van der Waals surface area (Å²) in [5.41, 5.74) is 7.25. The van der Waals surface area contributed by atoms with Crippen molar-refractivity contribution in [2.24, 2.45) is 17.8 Å². The van der Waals surface area contributed by atoms with Gasteiger partial charge in [0.05, 0.1) is 0 Å². The zero-order valence-electron chi connectivity index (χ0n) is 11.5. The first-order chi connectivity index (χ1) is 9.24. The molecule has 0 spiro atoms. The van der Waals surface area contributed by atoms with E-state index in [1.165, 1.54) is 32.1 Å². The summed E-state index contributed by atoms with van der Waals surface area (Å²) in [6, 6.07) is 7.42. The first-order valence-electron chi connectivity index (χ1n) is 7.64. The highest BCUT2D eigenvalue weighted by Crippen LogP contribution is 2.43. The first-order valence-corrected chi connectivity index (χ1v) is 7.64. The molecule has 0 heterocycles. The maximum absolute atomic E-state index is 12.5. The lowest BCUT2D eigenvalue weighted by atomic mass is 9.66. The van der Waals surface area contributed by atoms with Gasteiger partial charge in [-0.3, -0.25) is 4.79 Å². The van der Waals surface area contributed by atoms with Gasteiger partial charge in [0.2, 0.25) is 0 Å². The Bertz CT molecular complexity index is 451. The molecule has 2 aliphatic rings. The molecule has 1 aromatic rings. The van der Waals surface area contributed by atoms with E-state index in [-0.39, 0.29) is 5.92 Å². The fourth-order valence-electron chi connectivity index (χ4n) is 3.99. The Kier molecular flexibility index (Phi) is 3.58. The van der Waals surface area contributed by atoms with Crippen LogP contribution in [0.5, 0.6) is 0 Å². The average molecular weight is 257 g/mol. The lowest BCUT2D eigenvalue weighted by Crippen LogP contribution is -2.31. The van der Waals surface area contributed by atoms with Crippen molar-refractivity contribution in [3.8, 4) is 0 Å². The monoisotopic (exact) mass is 257 g/mol. The minimum Gasteiger partial charge on any atom is -0.399 e. The fourth-order valence-corrected chi connectivity index (χ4v) is 3.99.